The van der Waals surface area contributed by atoms with E-state index in [9.17, 15) is 9.59 Å². The maximum atomic E-state index is 11.6. The number of aryl methyl sites for hydroxylation is 1. The van der Waals surface area contributed by atoms with Gasteiger partial charge in [0.1, 0.15) is 0 Å². The molecule has 1 aliphatic rings. The fourth-order valence-corrected chi connectivity index (χ4v) is 2.03. The molecule has 0 unspecified atom stereocenters. The van der Waals surface area contributed by atoms with Crippen LogP contribution in [0.3, 0.4) is 0 Å². The summed E-state index contributed by atoms with van der Waals surface area (Å²) in [4.78, 5) is 23.0. The van der Waals surface area contributed by atoms with Crippen LogP contribution in [0.1, 0.15) is 12.8 Å². The molecule has 1 aliphatic carbocycles. The van der Waals surface area contributed by atoms with E-state index in [0.29, 0.717) is 6.54 Å². The van der Waals surface area contributed by atoms with E-state index < -0.39 is 11.1 Å². The molecule has 0 spiro atoms. The third kappa shape index (κ3) is 1.88. The molecule has 0 amide bonds. The summed E-state index contributed by atoms with van der Waals surface area (Å²) in [7, 11) is 1.58. The third-order valence-corrected chi connectivity index (χ3v) is 3.70. The van der Waals surface area contributed by atoms with Crippen LogP contribution in [0, 0.1) is 5.41 Å². The highest BCUT2D eigenvalue weighted by Gasteiger charge is 2.41. The highest BCUT2D eigenvalue weighted by atomic mass is 32.1. The first-order valence-electron chi connectivity index (χ1n) is 4.95. The molecule has 1 aromatic heterocycles. The van der Waals surface area contributed by atoms with Gasteiger partial charge in [-0.3, -0.25) is 9.59 Å². The van der Waals surface area contributed by atoms with Crippen molar-refractivity contribution in [2.75, 3.05) is 5.75 Å². The average molecular weight is 226 g/mol. The van der Waals surface area contributed by atoms with Crippen molar-refractivity contribution < 1.29 is 0 Å². The fourth-order valence-electron chi connectivity index (χ4n) is 1.62. The Morgan fingerprint density at radius 3 is 2.53 bits per heavy atom. The maximum absolute atomic E-state index is 11.6. The lowest BCUT2D eigenvalue weighted by Gasteiger charge is -2.13. The van der Waals surface area contributed by atoms with E-state index in [4.69, 9.17) is 0 Å². The Labute approximate surface area is 93.0 Å². The van der Waals surface area contributed by atoms with Crippen molar-refractivity contribution in [1.82, 2.24) is 9.13 Å². The first-order chi connectivity index (χ1) is 7.08. The van der Waals surface area contributed by atoms with E-state index >= 15 is 0 Å². The Morgan fingerprint density at radius 1 is 1.33 bits per heavy atom. The van der Waals surface area contributed by atoms with Gasteiger partial charge < -0.3 is 9.13 Å². The molecule has 0 atom stereocenters. The topological polar surface area (TPSA) is 44.0 Å². The first-order valence-corrected chi connectivity index (χ1v) is 5.58. The van der Waals surface area contributed by atoms with Gasteiger partial charge in [0.25, 0.3) is 0 Å². The molecular weight excluding hydrogens is 212 g/mol. The number of hydrogen-bond donors (Lipinski definition) is 1. The standard InChI is InChI=1S/C10H14N2O2S/c1-11-4-5-12(9(14)8(11)13)6-10(7-15)2-3-10/h4-5,15H,2-3,6-7H2,1H3. The first kappa shape index (κ1) is 10.5. The van der Waals surface area contributed by atoms with Crippen LogP contribution in [0.5, 0.6) is 0 Å². The zero-order valence-electron chi connectivity index (χ0n) is 8.64. The van der Waals surface area contributed by atoms with Crippen LogP contribution in [-0.2, 0) is 13.6 Å². The van der Waals surface area contributed by atoms with E-state index in [-0.39, 0.29) is 5.41 Å². The lowest BCUT2D eigenvalue weighted by molar-refractivity contribution is 0.457. The number of aromatic nitrogens is 2. The predicted octanol–water partition coefficient (Wildman–Crippen LogP) is 0.257. The largest absolute Gasteiger partial charge is 0.316 e. The summed E-state index contributed by atoms with van der Waals surface area (Å²) in [6, 6.07) is 0. The molecule has 1 fully saturated rings. The molecule has 0 saturated heterocycles. The normalized spacial score (nSPS) is 17.7. The molecule has 0 bridgehead atoms. The van der Waals surface area contributed by atoms with Gasteiger partial charge in [-0.15, -0.1) is 0 Å². The number of rotatable bonds is 3. The van der Waals surface area contributed by atoms with Crippen molar-refractivity contribution >= 4 is 12.6 Å². The van der Waals surface area contributed by atoms with Crippen LogP contribution in [0.25, 0.3) is 0 Å². The highest BCUT2D eigenvalue weighted by Crippen LogP contribution is 2.47. The summed E-state index contributed by atoms with van der Waals surface area (Å²) in [6.45, 7) is 0.616. The highest BCUT2D eigenvalue weighted by molar-refractivity contribution is 7.80. The summed E-state index contributed by atoms with van der Waals surface area (Å²) >= 11 is 4.28. The van der Waals surface area contributed by atoms with Crippen LogP contribution in [0.2, 0.25) is 0 Å². The number of nitrogens with zero attached hydrogens (tertiary/aromatic N) is 2. The van der Waals surface area contributed by atoms with Crippen molar-refractivity contribution in [1.29, 1.82) is 0 Å². The smallest absolute Gasteiger partial charge is 0.312 e. The molecule has 0 aromatic carbocycles. The summed E-state index contributed by atoms with van der Waals surface area (Å²) in [6.07, 6.45) is 5.49. The number of thiol groups is 1. The maximum Gasteiger partial charge on any atom is 0.316 e. The van der Waals surface area contributed by atoms with Crippen LogP contribution in [-0.4, -0.2) is 14.9 Å². The van der Waals surface area contributed by atoms with Gasteiger partial charge >= 0.3 is 11.1 Å². The van der Waals surface area contributed by atoms with Crippen molar-refractivity contribution in [2.24, 2.45) is 12.5 Å². The number of hydrogen-bond acceptors (Lipinski definition) is 3. The van der Waals surface area contributed by atoms with E-state index in [0.717, 1.165) is 18.6 Å². The summed E-state index contributed by atoms with van der Waals surface area (Å²) in [5.41, 5.74) is -0.750. The van der Waals surface area contributed by atoms with Gasteiger partial charge in [-0.05, 0) is 24.0 Å². The molecule has 15 heavy (non-hydrogen) atoms. The van der Waals surface area contributed by atoms with Crippen LogP contribution in [0.4, 0.5) is 0 Å². The second kappa shape index (κ2) is 3.56. The molecule has 1 aromatic rings. The van der Waals surface area contributed by atoms with E-state index in [1.54, 1.807) is 19.4 Å². The molecule has 0 N–H and O–H groups in total. The van der Waals surface area contributed by atoms with E-state index in [2.05, 4.69) is 12.6 Å². The lowest BCUT2D eigenvalue weighted by Crippen LogP contribution is -2.40. The van der Waals surface area contributed by atoms with Crippen molar-refractivity contribution in [3.05, 3.63) is 33.1 Å². The fraction of sp³-hybridized carbons (Fsp3) is 0.600. The van der Waals surface area contributed by atoms with Gasteiger partial charge in [-0.1, -0.05) is 0 Å². The molecule has 82 valence electrons. The van der Waals surface area contributed by atoms with Crippen molar-refractivity contribution in [2.45, 2.75) is 19.4 Å². The zero-order valence-corrected chi connectivity index (χ0v) is 9.54. The van der Waals surface area contributed by atoms with Gasteiger partial charge in [0.15, 0.2) is 0 Å². The molecule has 4 nitrogen and oxygen atoms in total. The third-order valence-electron chi connectivity index (χ3n) is 3.03. The zero-order chi connectivity index (χ0) is 11.1. The quantitative estimate of drug-likeness (QED) is 0.593. The molecule has 5 heteroatoms. The molecule has 1 saturated carbocycles. The van der Waals surface area contributed by atoms with Gasteiger partial charge in [0.2, 0.25) is 0 Å². The van der Waals surface area contributed by atoms with Gasteiger partial charge in [0, 0.05) is 26.0 Å². The van der Waals surface area contributed by atoms with Crippen LogP contribution in [0.15, 0.2) is 22.0 Å². The van der Waals surface area contributed by atoms with Crippen molar-refractivity contribution in [3.8, 4) is 0 Å². The van der Waals surface area contributed by atoms with Crippen molar-refractivity contribution in [3.63, 3.8) is 0 Å². The lowest BCUT2D eigenvalue weighted by atomic mass is 10.1. The Bertz CT molecular complexity index is 485. The molecular formula is C10H14N2O2S. The van der Waals surface area contributed by atoms with Gasteiger partial charge in [-0.25, -0.2) is 0 Å². The minimum Gasteiger partial charge on any atom is -0.312 e. The average Bonchev–Trinajstić information content (AvgIpc) is 3.00. The SMILES string of the molecule is Cn1ccn(CC2(CS)CC2)c(=O)c1=O. The Kier molecular flexibility index (Phi) is 2.50. The second-order valence-electron chi connectivity index (χ2n) is 4.31. The van der Waals surface area contributed by atoms with E-state index in [1.165, 1.54) is 9.13 Å². The molecule has 0 radical (unpaired) electrons. The van der Waals surface area contributed by atoms with Crippen LogP contribution >= 0.6 is 12.6 Å². The minimum absolute atomic E-state index is 0.152. The van der Waals surface area contributed by atoms with Gasteiger partial charge in [0.05, 0.1) is 0 Å². The van der Waals surface area contributed by atoms with E-state index in [1.807, 2.05) is 0 Å². The molecule has 1 heterocycles. The molecule has 2 rings (SSSR count). The summed E-state index contributed by atoms with van der Waals surface area (Å²) in [5, 5.41) is 0. The second-order valence-corrected chi connectivity index (χ2v) is 4.62. The molecule has 0 aliphatic heterocycles. The Balaban J connectivity index is 2.35. The van der Waals surface area contributed by atoms with Gasteiger partial charge in [-0.2, -0.15) is 12.6 Å². The Hall–Kier alpha value is -0.970. The summed E-state index contributed by atoms with van der Waals surface area (Å²) in [5.74, 6) is 0.772. The van der Waals surface area contributed by atoms with Crippen LogP contribution < -0.4 is 11.1 Å². The summed E-state index contributed by atoms with van der Waals surface area (Å²) < 4.78 is 2.81. The minimum atomic E-state index is -0.465. The monoisotopic (exact) mass is 226 g/mol. The predicted molar refractivity (Wildman–Crippen MR) is 61.5 cm³/mol. The Morgan fingerprint density at radius 2 is 2.00 bits per heavy atom.